The van der Waals surface area contributed by atoms with Gasteiger partial charge in [-0.25, -0.2) is 9.78 Å². The second-order valence-electron chi connectivity index (χ2n) is 11.1. The van der Waals surface area contributed by atoms with Crippen LogP contribution >= 0.6 is 0 Å². The molecule has 3 aromatic rings. The molecule has 1 N–H and O–H groups in total. The van der Waals surface area contributed by atoms with Gasteiger partial charge in [0.2, 0.25) is 5.95 Å². The molecule has 0 spiro atoms. The Balaban J connectivity index is 1.56. The molecule has 1 amide bonds. The fraction of sp³-hybridized carbons (Fsp3) is 0.483. The highest BCUT2D eigenvalue weighted by atomic mass is 16.5. The van der Waals surface area contributed by atoms with Crippen molar-refractivity contribution in [2.75, 3.05) is 49.6 Å². The molecule has 0 bridgehead atoms. The minimum atomic E-state index is -0.878. The average molecular weight is 520 g/mol. The normalized spacial score (nSPS) is 18.2. The fourth-order valence-corrected chi connectivity index (χ4v) is 5.36. The van der Waals surface area contributed by atoms with Crippen molar-refractivity contribution < 1.29 is 19.4 Å². The third-order valence-electron chi connectivity index (χ3n) is 7.50. The predicted molar refractivity (Wildman–Crippen MR) is 148 cm³/mol. The number of hydrogen-bond acceptors (Lipinski definition) is 7. The minimum absolute atomic E-state index is 0.177. The van der Waals surface area contributed by atoms with Crippen LogP contribution in [0.3, 0.4) is 0 Å². The van der Waals surface area contributed by atoms with Crippen LogP contribution in [0.1, 0.15) is 39.2 Å². The molecule has 2 saturated heterocycles. The average Bonchev–Trinajstić information content (AvgIpc) is 3.45. The van der Waals surface area contributed by atoms with Crippen LogP contribution in [0.15, 0.2) is 42.5 Å². The molecule has 2 fully saturated rings. The van der Waals surface area contributed by atoms with Crippen molar-refractivity contribution in [1.29, 1.82) is 0 Å². The maximum Gasteiger partial charge on any atom is 0.407 e. The molecule has 2 aliphatic rings. The number of hydrogen-bond donors (Lipinski definition) is 1. The Hall–Kier alpha value is -3.75. The molecular formula is C29H37N5O4. The van der Waals surface area contributed by atoms with Crippen LogP contribution in [-0.4, -0.2) is 71.9 Å². The van der Waals surface area contributed by atoms with Crippen LogP contribution in [0.25, 0.3) is 10.9 Å². The Morgan fingerprint density at radius 2 is 1.74 bits per heavy atom. The smallest absolute Gasteiger partial charge is 0.407 e. The van der Waals surface area contributed by atoms with Crippen molar-refractivity contribution in [3.63, 3.8) is 0 Å². The first-order valence-corrected chi connectivity index (χ1v) is 13.3. The SMILES string of the molecule is COc1cc2c(N3CCN(C(=O)O)C(C(C)(C)C)C3)nc(N3CCCC3)nc2cc1OCc1ccccc1. The number of rotatable bonds is 6. The summed E-state index contributed by atoms with van der Waals surface area (Å²) >= 11 is 0. The highest BCUT2D eigenvalue weighted by Gasteiger charge is 2.39. The van der Waals surface area contributed by atoms with Crippen LogP contribution in [0, 0.1) is 5.41 Å². The lowest BCUT2D eigenvalue weighted by atomic mass is 9.84. The number of methoxy groups -OCH3 is 1. The standard InChI is InChI=1S/C29H37N5O4/c1-29(2,3)25-18-33(14-15-34(25)28(35)36)26-21-16-23(37-4)24(38-19-20-10-6-5-7-11-20)17-22(21)30-27(31-26)32-12-8-9-13-32/h5-7,10-11,16-17,25H,8-9,12-15,18-19H2,1-4H3,(H,35,36). The Morgan fingerprint density at radius 3 is 2.39 bits per heavy atom. The maximum absolute atomic E-state index is 12.0. The molecular weight excluding hydrogens is 482 g/mol. The fourth-order valence-electron chi connectivity index (χ4n) is 5.36. The van der Waals surface area contributed by atoms with Crippen LogP contribution < -0.4 is 19.3 Å². The molecule has 38 heavy (non-hydrogen) atoms. The molecule has 1 atom stereocenters. The van der Waals surface area contributed by atoms with Crippen LogP contribution in [-0.2, 0) is 6.61 Å². The summed E-state index contributed by atoms with van der Waals surface area (Å²) in [6.45, 7) is 10.1. The van der Waals surface area contributed by atoms with Gasteiger partial charge in [0.05, 0.1) is 18.7 Å². The summed E-state index contributed by atoms with van der Waals surface area (Å²) in [6.07, 6.45) is 1.36. The maximum atomic E-state index is 12.0. The van der Waals surface area contributed by atoms with Gasteiger partial charge in [-0.05, 0) is 29.9 Å². The number of anilines is 2. The summed E-state index contributed by atoms with van der Waals surface area (Å²) in [4.78, 5) is 28.1. The van der Waals surface area contributed by atoms with Crippen LogP contribution in [0.4, 0.5) is 16.6 Å². The Bertz CT molecular complexity index is 1290. The molecule has 2 aliphatic heterocycles. The summed E-state index contributed by atoms with van der Waals surface area (Å²) in [7, 11) is 1.64. The van der Waals surface area contributed by atoms with E-state index in [1.54, 1.807) is 12.0 Å². The molecule has 9 heteroatoms. The molecule has 9 nitrogen and oxygen atoms in total. The van der Waals surface area contributed by atoms with Gasteiger partial charge in [-0.15, -0.1) is 0 Å². The lowest BCUT2D eigenvalue weighted by molar-refractivity contribution is 0.0747. The summed E-state index contributed by atoms with van der Waals surface area (Å²) in [5.74, 6) is 2.76. The van der Waals surface area contributed by atoms with Crippen molar-refractivity contribution in [2.45, 2.75) is 46.3 Å². The van der Waals surface area contributed by atoms with Crippen LogP contribution in [0.2, 0.25) is 0 Å². The molecule has 2 aromatic carbocycles. The van der Waals surface area contributed by atoms with Gasteiger partial charge in [0.1, 0.15) is 12.4 Å². The number of piperazine rings is 1. The van der Waals surface area contributed by atoms with E-state index in [0.717, 1.165) is 48.2 Å². The Kier molecular flexibility index (Phi) is 7.19. The predicted octanol–water partition coefficient (Wildman–Crippen LogP) is 5.03. The summed E-state index contributed by atoms with van der Waals surface area (Å²) < 4.78 is 11.9. The van der Waals surface area contributed by atoms with Crippen molar-refractivity contribution >= 4 is 28.8 Å². The molecule has 0 saturated carbocycles. The van der Waals surface area contributed by atoms with E-state index < -0.39 is 6.09 Å². The Labute approximate surface area is 224 Å². The number of benzene rings is 2. The molecule has 5 rings (SSSR count). The first-order valence-electron chi connectivity index (χ1n) is 13.3. The van der Waals surface area contributed by atoms with Gasteiger partial charge in [0.25, 0.3) is 0 Å². The van der Waals surface area contributed by atoms with E-state index in [-0.39, 0.29) is 11.5 Å². The summed E-state index contributed by atoms with van der Waals surface area (Å²) in [5.41, 5.74) is 1.63. The topological polar surface area (TPSA) is 91.3 Å². The number of fused-ring (bicyclic) bond motifs is 1. The highest BCUT2D eigenvalue weighted by molar-refractivity contribution is 5.93. The van der Waals surface area contributed by atoms with Crippen molar-refractivity contribution in [1.82, 2.24) is 14.9 Å². The van der Waals surface area contributed by atoms with E-state index in [4.69, 9.17) is 19.4 Å². The van der Waals surface area contributed by atoms with Gasteiger partial charge in [0, 0.05) is 44.2 Å². The van der Waals surface area contributed by atoms with E-state index in [0.29, 0.717) is 43.7 Å². The molecule has 3 heterocycles. The number of carboxylic acid groups (broad SMARTS) is 1. The van der Waals surface area contributed by atoms with Gasteiger partial charge in [-0.3, -0.25) is 0 Å². The lowest BCUT2D eigenvalue weighted by Crippen LogP contribution is -2.59. The zero-order chi connectivity index (χ0) is 26.9. The van der Waals surface area contributed by atoms with E-state index in [9.17, 15) is 9.90 Å². The first-order chi connectivity index (χ1) is 18.2. The highest BCUT2D eigenvalue weighted by Crippen LogP contribution is 2.39. The molecule has 1 aromatic heterocycles. The second kappa shape index (κ2) is 10.6. The van der Waals surface area contributed by atoms with Gasteiger partial charge < -0.3 is 29.3 Å². The number of carbonyl (C=O) groups is 1. The molecule has 1 unspecified atom stereocenters. The minimum Gasteiger partial charge on any atom is -0.493 e. The van der Waals surface area contributed by atoms with E-state index in [1.165, 1.54) is 0 Å². The van der Waals surface area contributed by atoms with E-state index in [1.807, 2.05) is 42.5 Å². The quantitative estimate of drug-likeness (QED) is 0.485. The molecule has 0 aliphatic carbocycles. The number of ether oxygens (including phenoxy) is 2. The van der Waals surface area contributed by atoms with Crippen LogP contribution in [0.5, 0.6) is 11.5 Å². The molecule has 0 radical (unpaired) electrons. The number of amides is 1. The monoisotopic (exact) mass is 519 g/mol. The van der Waals surface area contributed by atoms with Crippen molar-refractivity contribution in [3.8, 4) is 11.5 Å². The number of aromatic nitrogens is 2. The van der Waals surface area contributed by atoms with Crippen molar-refractivity contribution in [3.05, 3.63) is 48.0 Å². The van der Waals surface area contributed by atoms with E-state index >= 15 is 0 Å². The third-order valence-corrected chi connectivity index (χ3v) is 7.50. The van der Waals surface area contributed by atoms with Gasteiger partial charge in [0.15, 0.2) is 11.5 Å². The van der Waals surface area contributed by atoms with Gasteiger partial charge in [-0.2, -0.15) is 4.98 Å². The summed E-state index contributed by atoms with van der Waals surface area (Å²) in [5, 5.41) is 10.7. The van der Waals surface area contributed by atoms with Crippen molar-refractivity contribution in [2.24, 2.45) is 5.41 Å². The van der Waals surface area contributed by atoms with Gasteiger partial charge in [-0.1, -0.05) is 51.1 Å². The zero-order valence-electron chi connectivity index (χ0n) is 22.7. The second-order valence-corrected chi connectivity index (χ2v) is 11.1. The summed E-state index contributed by atoms with van der Waals surface area (Å²) in [6, 6.07) is 13.7. The van der Waals surface area contributed by atoms with Gasteiger partial charge >= 0.3 is 6.09 Å². The lowest BCUT2D eigenvalue weighted by Gasteiger charge is -2.46. The first kappa shape index (κ1) is 25.9. The Morgan fingerprint density at radius 1 is 1.00 bits per heavy atom. The number of nitrogens with zero attached hydrogens (tertiary/aromatic N) is 5. The molecule has 202 valence electrons. The van der Waals surface area contributed by atoms with E-state index in [2.05, 4.69) is 30.6 Å². The zero-order valence-corrected chi connectivity index (χ0v) is 22.7. The largest absolute Gasteiger partial charge is 0.493 e. The third kappa shape index (κ3) is 5.28.